The Bertz CT molecular complexity index is 459. The number of likely N-dealkylation sites (tertiary alicyclic amines) is 1. The summed E-state index contributed by atoms with van der Waals surface area (Å²) in [5.41, 5.74) is 8.27. The molecule has 1 amide bonds. The van der Waals surface area contributed by atoms with Crippen molar-refractivity contribution in [1.82, 2.24) is 4.90 Å². The van der Waals surface area contributed by atoms with Gasteiger partial charge in [0.1, 0.15) is 0 Å². The van der Waals surface area contributed by atoms with E-state index in [1.165, 1.54) is 6.42 Å². The second-order valence-corrected chi connectivity index (χ2v) is 5.57. The van der Waals surface area contributed by atoms with Gasteiger partial charge in [0.2, 0.25) is 5.91 Å². The maximum absolute atomic E-state index is 11.9. The maximum atomic E-state index is 11.9. The number of nitrogens with one attached hydrogen (secondary N) is 1. The van der Waals surface area contributed by atoms with E-state index in [2.05, 4.69) is 17.1 Å². The van der Waals surface area contributed by atoms with E-state index in [1.807, 2.05) is 25.1 Å². The lowest BCUT2D eigenvalue weighted by atomic mass is 10.2. The second kappa shape index (κ2) is 6.06. The topological polar surface area (TPSA) is 58.4 Å². The highest BCUT2D eigenvalue weighted by Gasteiger charge is 2.18. The van der Waals surface area contributed by atoms with E-state index in [-0.39, 0.29) is 5.91 Å². The van der Waals surface area contributed by atoms with Crippen LogP contribution in [-0.2, 0) is 4.79 Å². The summed E-state index contributed by atoms with van der Waals surface area (Å²) < 4.78 is 0. The van der Waals surface area contributed by atoms with Crippen molar-refractivity contribution in [3.8, 4) is 0 Å². The maximum Gasteiger partial charge on any atom is 0.225 e. The summed E-state index contributed by atoms with van der Waals surface area (Å²) >= 11 is 0. The smallest absolute Gasteiger partial charge is 0.225 e. The molecule has 1 unspecified atom stereocenters. The molecule has 2 rings (SSSR count). The fourth-order valence-electron chi connectivity index (χ4n) is 2.48. The predicted molar refractivity (Wildman–Crippen MR) is 79.1 cm³/mol. The molecule has 3 N–H and O–H groups in total. The van der Waals surface area contributed by atoms with Crippen LogP contribution in [0.15, 0.2) is 18.2 Å². The fourth-order valence-corrected chi connectivity index (χ4v) is 2.48. The van der Waals surface area contributed by atoms with E-state index in [4.69, 9.17) is 5.73 Å². The number of aryl methyl sites for hydroxylation is 1. The number of nitrogens with zero attached hydrogens (tertiary/aromatic N) is 1. The Kier molecular flexibility index (Phi) is 4.43. The van der Waals surface area contributed by atoms with E-state index in [9.17, 15) is 4.79 Å². The van der Waals surface area contributed by atoms with Crippen LogP contribution in [0.4, 0.5) is 11.4 Å². The molecule has 1 aliphatic rings. The molecular weight excluding hydrogens is 238 g/mol. The average Bonchev–Trinajstić information content (AvgIpc) is 2.77. The number of nitrogens with two attached hydrogens (primary N) is 1. The molecule has 0 radical (unpaired) electrons. The molecule has 4 nitrogen and oxygen atoms in total. The Morgan fingerprint density at radius 2 is 2.32 bits per heavy atom. The highest BCUT2D eigenvalue weighted by Crippen LogP contribution is 2.19. The van der Waals surface area contributed by atoms with E-state index in [0.717, 1.165) is 36.8 Å². The first-order valence-electron chi connectivity index (χ1n) is 6.93. The van der Waals surface area contributed by atoms with E-state index < -0.39 is 0 Å². The van der Waals surface area contributed by atoms with Crippen LogP contribution in [0, 0.1) is 12.8 Å². The van der Waals surface area contributed by atoms with Gasteiger partial charge in [-0.1, -0.05) is 13.0 Å². The van der Waals surface area contributed by atoms with Gasteiger partial charge in [0.05, 0.1) is 0 Å². The second-order valence-electron chi connectivity index (χ2n) is 5.57. The molecule has 1 atom stereocenters. The molecule has 4 heteroatoms. The standard InChI is InChI=1S/C15H23N3O/c1-11-5-7-18(10-11)8-6-15(19)17-14-9-13(16)4-3-12(14)2/h3-4,9,11H,5-8,10,16H2,1-2H3,(H,17,19). The first-order valence-corrected chi connectivity index (χ1v) is 6.93. The normalized spacial score (nSPS) is 19.6. The molecule has 0 bridgehead atoms. The molecule has 1 saturated heterocycles. The third kappa shape index (κ3) is 3.96. The molecule has 1 fully saturated rings. The number of hydrogen-bond acceptors (Lipinski definition) is 3. The molecule has 0 saturated carbocycles. The Morgan fingerprint density at radius 3 is 3.00 bits per heavy atom. The van der Waals surface area contributed by atoms with E-state index >= 15 is 0 Å². The Labute approximate surface area is 115 Å². The van der Waals surface area contributed by atoms with Crippen LogP contribution in [0.2, 0.25) is 0 Å². The van der Waals surface area contributed by atoms with E-state index in [0.29, 0.717) is 12.1 Å². The molecule has 19 heavy (non-hydrogen) atoms. The fraction of sp³-hybridized carbons (Fsp3) is 0.533. The van der Waals surface area contributed by atoms with Crippen molar-refractivity contribution in [2.75, 3.05) is 30.7 Å². The van der Waals surface area contributed by atoms with Crippen LogP contribution in [0.3, 0.4) is 0 Å². The SMILES string of the molecule is Cc1ccc(N)cc1NC(=O)CCN1CCC(C)C1. The molecule has 104 valence electrons. The zero-order valence-electron chi connectivity index (χ0n) is 11.8. The average molecular weight is 261 g/mol. The lowest BCUT2D eigenvalue weighted by molar-refractivity contribution is -0.116. The zero-order valence-corrected chi connectivity index (χ0v) is 11.8. The molecule has 1 aromatic rings. The predicted octanol–water partition coefficient (Wildman–Crippen LogP) is 2.25. The Hall–Kier alpha value is -1.55. The number of hydrogen-bond donors (Lipinski definition) is 2. The number of benzene rings is 1. The molecule has 1 aliphatic heterocycles. The van der Waals surface area contributed by atoms with Gasteiger partial charge in [-0.05, 0) is 43.5 Å². The van der Waals surface area contributed by atoms with Crippen molar-refractivity contribution >= 4 is 17.3 Å². The first kappa shape index (κ1) is 13.9. The quantitative estimate of drug-likeness (QED) is 0.817. The van der Waals surface area contributed by atoms with Crippen molar-refractivity contribution in [3.63, 3.8) is 0 Å². The van der Waals surface area contributed by atoms with Gasteiger partial charge >= 0.3 is 0 Å². The van der Waals surface area contributed by atoms with Gasteiger partial charge in [-0.3, -0.25) is 4.79 Å². The van der Waals surface area contributed by atoms with Gasteiger partial charge in [0, 0.05) is 30.9 Å². The highest BCUT2D eigenvalue weighted by atomic mass is 16.1. The number of rotatable bonds is 4. The minimum atomic E-state index is 0.0632. The lowest BCUT2D eigenvalue weighted by Crippen LogP contribution is -2.25. The van der Waals surface area contributed by atoms with Crippen molar-refractivity contribution in [3.05, 3.63) is 23.8 Å². The van der Waals surface area contributed by atoms with Crippen LogP contribution in [0.1, 0.15) is 25.3 Å². The summed E-state index contributed by atoms with van der Waals surface area (Å²) in [6.07, 6.45) is 1.79. The summed E-state index contributed by atoms with van der Waals surface area (Å²) in [6.45, 7) is 7.31. The summed E-state index contributed by atoms with van der Waals surface area (Å²) in [4.78, 5) is 14.3. The number of amides is 1. The van der Waals surface area contributed by atoms with Crippen molar-refractivity contribution in [1.29, 1.82) is 0 Å². The largest absolute Gasteiger partial charge is 0.399 e. The summed E-state index contributed by atoms with van der Waals surface area (Å²) in [5, 5.41) is 2.94. The third-order valence-electron chi connectivity index (χ3n) is 3.70. The number of carbonyl (C=O) groups excluding carboxylic acids is 1. The first-order chi connectivity index (χ1) is 9.04. The van der Waals surface area contributed by atoms with Crippen LogP contribution < -0.4 is 11.1 Å². The van der Waals surface area contributed by atoms with Crippen LogP contribution in [0.25, 0.3) is 0 Å². The summed E-state index contributed by atoms with van der Waals surface area (Å²) in [7, 11) is 0. The summed E-state index contributed by atoms with van der Waals surface area (Å²) in [6, 6.07) is 5.58. The number of anilines is 2. The van der Waals surface area contributed by atoms with Crippen molar-refractivity contribution < 1.29 is 4.79 Å². The van der Waals surface area contributed by atoms with Crippen LogP contribution >= 0.6 is 0 Å². The Balaban J connectivity index is 1.82. The molecule has 1 heterocycles. The van der Waals surface area contributed by atoms with Crippen LogP contribution in [-0.4, -0.2) is 30.4 Å². The minimum Gasteiger partial charge on any atom is -0.399 e. The zero-order chi connectivity index (χ0) is 13.8. The van der Waals surface area contributed by atoms with Crippen molar-refractivity contribution in [2.45, 2.75) is 26.7 Å². The number of nitrogen functional groups attached to an aromatic ring is 1. The van der Waals surface area contributed by atoms with Crippen LogP contribution in [0.5, 0.6) is 0 Å². The van der Waals surface area contributed by atoms with Crippen molar-refractivity contribution in [2.24, 2.45) is 5.92 Å². The number of carbonyl (C=O) groups is 1. The molecule has 0 aromatic heterocycles. The minimum absolute atomic E-state index is 0.0632. The molecule has 0 aliphatic carbocycles. The van der Waals surface area contributed by atoms with E-state index in [1.54, 1.807) is 0 Å². The van der Waals surface area contributed by atoms with Gasteiger partial charge in [0.25, 0.3) is 0 Å². The van der Waals surface area contributed by atoms with Gasteiger partial charge in [0.15, 0.2) is 0 Å². The highest BCUT2D eigenvalue weighted by molar-refractivity contribution is 5.92. The monoisotopic (exact) mass is 261 g/mol. The molecular formula is C15H23N3O. The molecule has 1 aromatic carbocycles. The Morgan fingerprint density at radius 1 is 1.53 bits per heavy atom. The summed E-state index contributed by atoms with van der Waals surface area (Å²) in [5.74, 6) is 0.826. The van der Waals surface area contributed by atoms with Gasteiger partial charge < -0.3 is 16.0 Å². The van der Waals surface area contributed by atoms with Gasteiger partial charge in [-0.2, -0.15) is 0 Å². The van der Waals surface area contributed by atoms with Gasteiger partial charge in [-0.25, -0.2) is 0 Å². The lowest BCUT2D eigenvalue weighted by Gasteiger charge is -2.15. The molecule has 0 spiro atoms. The third-order valence-corrected chi connectivity index (χ3v) is 3.70. The van der Waals surface area contributed by atoms with Gasteiger partial charge in [-0.15, -0.1) is 0 Å².